The molecule has 0 bridgehead atoms. The molecule has 1 aromatic carbocycles. The summed E-state index contributed by atoms with van der Waals surface area (Å²) in [6.45, 7) is 8.42. The van der Waals surface area contributed by atoms with Gasteiger partial charge >= 0.3 is 0 Å². The van der Waals surface area contributed by atoms with Gasteiger partial charge in [0.25, 0.3) is 0 Å². The zero-order chi connectivity index (χ0) is 20.6. The monoisotopic (exact) mass is 520 g/mol. The van der Waals surface area contributed by atoms with Gasteiger partial charge in [-0.3, -0.25) is 10.2 Å². The van der Waals surface area contributed by atoms with Gasteiger partial charge in [-0.05, 0) is 28.6 Å². The first kappa shape index (κ1) is 20.6. The van der Waals surface area contributed by atoms with Gasteiger partial charge in [-0.15, -0.1) is 5.10 Å². The fourth-order valence-corrected chi connectivity index (χ4v) is 5.17. The van der Waals surface area contributed by atoms with Crippen LogP contribution in [-0.2, 0) is 14.3 Å². The minimum Gasteiger partial charge on any atom is -0.438 e. The van der Waals surface area contributed by atoms with Gasteiger partial charge in [0.1, 0.15) is 3.58 Å². The zero-order valence-electron chi connectivity index (χ0n) is 16.9. The number of allylic oxidation sites excluding steroid dienone is 1. The van der Waals surface area contributed by atoms with Crippen LogP contribution in [0, 0.1) is 11.3 Å². The number of ketones is 1. The lowest BCUT2D eigenvalue weighted by molar-refractivity contribution is -0.118. The Labute approximate surface area is 186 Å². The lowest BCUT2D eigenvalue weighted by atomic mass is 9.74. The number of halogens is 1. The molecule has 1 spiro atoms. The molecule has 2 atom stereocenters. The second kappa shape index (κ2) is 7.85. The number of ether oxygens (including phenoxy) is 2. The SMILES string of the molecule is C[Si](C)(C)CCOCC1C=CC23C(=O)C(I)=C(c4ccccc4)OC2=NNC3=C1. The highest BCUT2D eigenvalue weighted by atomic mass is 127. The fourth-order valence-electron chi connectivity index (χ4n) is 3.56. The van der Waals surface area contributed by atoms with Crippen molar-refractivity contribution in [3.63, 3.8) is 0 Å². The Morgan fingerprint density at radius 3 is 2.76 bits per heavy atom. The molecular weight excluding hydrogens is 495 g/mol. The van der Waals surface area contributed by atoms with E-state index in [1.807, 2.05) is 48.6 Å². The van der Waals surface area contributed by atoms with Crippen LogP contribution in [0.4, 0.5) is 0 Å². The second-order valence-electron chi connectivity index (χ2n) is 8.77. The van der Waals surface area contributed by atoms with Gasteiger partial charge in [0.2, 0.25) is 5.90 Å². The van der Waals surface area contributed by atoms with Gasteiger partial charge in [-0.2, -0.15) is 0 Å². The van der Waals surface area contributed by atoms with Crippen LogP contribution in [0.15, 0.2) is 62.9 Å². The van der Waals surface area contributed by atoms with Crippen LogP contribution in [-0.4, -0.2) is 33.0 Å². The number of hydrazone groups is 1. The number of benzene rings is 1. The first-order chi connectivity index (χ1) is 13.8. The van der Waals surface area contributed by atoms with Crippen molar-refractivity contribution >= 4 is 48.1 Å². The van der Waals surface area contributed by atoms with Crippen molar-refractivity contribution < 1.29 is 14.3 Å². The number of nitrogens with zero attached hydrogens (tertiary/aromatic N) is 1. The highest BCUT2D eigenvalue weighted by Crippen LogP contribution is 2.48. The number of rotatable bonds is 6. The molecule has 152 valence electrons. The van der Waals surface area contributed by atoms with Crippen molar-refractivity contribution in [1.82, 2.24) is 5.43 Å². The van der Waals surface area contributed by atoms with E-state index in [2.05, 4.69) is 52.8 Å². The van der Waals surface area contributed by atoms with Crippen LogP contribution in [0.25, 0.3) is 5.76 Å². The molecule has 7 heteroatoms. The Kier molecular flexibility index (Phi) is 5.56. The maximum atomic E-state index is 13.4. The molecule has 29 heavy (non-hydrogen) atoms. The third-order valence-corrected chi connectivity index (χ3v) is 8.00. The Bertz CT molecular complexity index is 947. The third-order valence-electron chi connectivity index (χ3n) is 5.31. The van der Waals surface area contributed by atoms with Crippen LogP contribution in [0.3, 0.4) is 0 Å². The number of carbonyl (C=O) groups excluding carboxylic acids is 1. The molecule has 0 saturated heterocycles. The number of Topliss-reactive ketones (excluding diaryl/α,β-unsaturated/α-hetero) is 1. The highest BCUT2D eigenvalue weighted by molar-refractivity contribution is 14.1. The summed E-state index contributed by atoms with van der Waals surface area (Å²) in [5, 5.41) is 4.35. The predicted octanol–water partition coefficient (Wildman–Crippen LogP) is 4.72. The largest absolute Gasteiger partial charge is 0.438 e. The summed E-state index contributed by atoms with van der Waals surface area (Å²) < 4.78 is 12.6. The lowest BCUT2D eigenvalue weighted by Crippen LogP contribution is -2.43. The van der Waals surface area contributed by atoms with E-state index >= 15 is 0 Å². The lowest BCUT2D eigenvalue weighted by Gasteiger charge is -2.34. The summed E-state index contributed by atoms with van der Waals surface area (Å²) in [5.41, 5.74) is 3.70. The molecule has 0 saturated carbocycles. The smallest absolute Gasteiger partial charge is 0.236 e. The summed E-state index contributed by atoms with van der Waals surface area (Å²) in [5.74, 6) is 1.06. The molecular formula is C22H25IN2O3Si. The van der Waals surface area contributed by atoms with E-state index < -0.39 is 13.5 Å². The minimum absolute atomic E-state index is 0.00689. The predicted molar refractivity (Wildman–Crippen MR) is 126 cm³/mol. The van der Waals surface area contributed by atoms with Crippen LogP contribution in [0.1, 0.15) is 5.56 Å². The van der Waals surface area contributed by atoms with E-state index in [0.717, 1.165) is 23.9 Å². The van der Waals surface area contributed by atoms with Gasteiger partial charge in [0.15, 0.2) is 17.0 Å². The van der Waals surface area contributed by atoms with E-state index in [9.17, 15) is 4.79 Å². The third kappa shape index (κ3) is 3.87. The average molecular weight is 520 g/mol. The molecule has 1 aromatic rings. The van der Waals surface area contributed by atoms with Gasteiger partial charge in [-0.1, -0.05) is 68.2 Å². The van der Waals surface area contributed by atoms with Crippen molar-refractivity contribution in [1.29, 1.82) is 0 Å². The molecule has 1 N–H and O–H groups in total. The fraction of sp³-hybridized carbons (Fsp3) is 0.364. The Morgan fingerprint density at radius 2 is 2.03 bits per heavy atom. The average Bonchev–Trinajstić information content (AvgIpc) is 3.07. The van der Waals surface area contributed by atoms with Gasteiger partial charge in [-0.25, -0.2) is 0 Å². The van der Waals surface area contributed by atoms with E-state index in [1.54, 1.807) is 0 Å². The molecule has 1 aliphatic carbocycles. The second-order valence-corrected chi connectivity index (χ2v) is 15.5. The number of hydrogen-bond acceptors (Lipinski definition) is 5. The molecule has 0 amide bonds. The maximum Gasteiger partial charge on any atom is 0.236 e. The van der Waals surface area contributed by atoms with Crippen molar-refractivity contribution in [2.24, 2.45) is 16.4 Å². The molecule has 2 heterocycles. The van der Waals surface area contributed by atoms with E-state index in [4.69, 9.17) is 9.47 Å². The molecule has 0 aromatic heterocycles. The highest BCUT2D eigenvalue weighted by Gasteiger charge is 2.56. The summed E-state index contributed by atoms with van der Waals surface area (Å²) in [6.07, 6.45) is 6.01. The van der Waals surface area contributed by atoms with E-state index in [0.29, 0.717) is 21.8 Å². The first-order valence-corrected chi connectivity index (χ1v) is 14.6. The van der Waals surface area contributed by atoms with Gasteiger partial charge in [0, 0.05) is 26.2 Å². The molecule has 3 aliphatic rings. The summed E-state index contributed by atoms with van der Waals surface area (Å²) in [7, 11) is -1.10. The van der Waals surface area contributed by atoms with E-state index in [1.165, 1.54) is 0 Å². The molecule has 5 nitrogen and oxygen atoms in total. The van der Waals surface area contributed by atoms with Crippen LogP contribution in [0.2, 0.25) is 25.7 Å². The topological polar surface area (TPSA) is 59.9 Å². The number of carbonyl (C=O) groups is 1. The molecule has 2 aliphatic heterocycles. The van der Waals surface area contributed by atoms with Crippen LogP contribution in [0.5, 0.6) is 0 Å². The molecule has 0 fully saturated rings. The summed E-state index contributed by atoms with van der Waals surface area (Å²) in [4.78, 5) is 13.4. The quantitative estimate of drug-likeness (QED) is 0.255. The molecule has 0 radical (unpaired) electrons. The van der Waals surface area contributed by atoms with Crippen LogP contribution < -0.4 is 5.43 Å². The van der Waals surface area contributed by atoms with Crippen molar-refractivity contribution in [3.05, 3.63) is 63.4 Å². The Balaban J connectivity index is 1.53. The van der Waals surface area contributed by atoms with Crippen molar-refractivity contribution in [3.8, 4) is 0 Å². The zero-order valence-corrected chi connectivity index (χ0v) is 20.0. The first-order valence-electron chi connectivity index (χ1n) is 9.83. The molecule has 4 rings (SSSR count). The number of hydrogen-bond donors (Lipinski definition) is 1. The van der Waals surface area contributed by atoms with E-state index in [-0.39, 0.29) is 11.7 Å². The van der Waals surface area contributed by atoms with Gasteiger partial charge in [0.05, 0.1) is 12.3 Å². The Morgan fingerprint density at radius 1 is 1.28 bits per heavy atom. The molecule has 2 unspecified atom stereocenters. The minimum atomic E-state index is -1.10. The normalized spacial score (nSPS) is 25.7. The number of nitrogens with one attached hydrogen (secondary N) is 1. The van der Waals surface area contributed by atoms with Gasteiger partial charge < -0.3 is 9.47 Å². The Hall–Kier alpha value is -1.71. The van der Waals surface area contributed by atoms with Crippen molar-refractivity contribution in [2.45, 2.75) is 25.7 Å². The van der Waals surface area contributed by atoms with Crippen LogP contribution >= 0.6 is 22.6 Å². The maximum absolute atomic E-state index is 13.4. The standard InChI is InChI=1S/C22H25IN2O3Si/c1-29(2,3)12-11-27-14-15-9-10-22-17(13-15)24-25-21(22)28-19(18(23)20(22)26)16-7-5-4-6-8-16/h4-10,13,15,24H,11-12,14H2,1-3H3. The van der Waals surface area contributed by atoms with Crippen molar-refractivity contribution in [2.75, 3.05) is 13.2 Å². The summed E-state index contributed by atoms with van der Waals surface area (Å²) >= 11 is 2.09. The summed E-state index contributed by atoms with van der Waals surface area (Å²) in [6, 6.07) is 10.8.